The van der Waals surface area contributed by atoms with Crippen LogP contribution >= 0.6 is 0 Å². The monoisotopic (exact) mass is 343 g/mol. The number of ether oxygens (including phenoxy) is 3. The number of aromatic nitrogens is 3. The van der Waals surface area contributed by atoms with Crippen LogP contribution in [0.1, 0.15) is 0 Å². The molecule has 0 saturated heterocycles. The summed E-state index contributed by atoms with van der Waals surface area (Å²) in [4.78, 5) is 0. The molecule has 2 aromatic carbocycles. The van der Waals surface area contributed by atoms with Crippen LogP contribution in [0.15, 0.2) is 36.5 Å². The van der Waals surface area contributed by atoms with Gasteiger partial charge in [0, 0.05) is 23.8 Å². The van der Waals surface area contributed by atoms with Crippen LogP contribution in [-0.2, 0) is 0 Å². The maximum Gasteiger partial charge on any atom is 0.203 e. The SMILES string of the molecule is COc1cc(-n2cc(-c3cc(O)cc(O)c3)nn2)cc(OC)c1OC. The first-order valence-corrected chi connectivity index (χ1v) is 7.32. The minimum atomic E-state index is -0.0580. The Bertz CT molecular complexity index is 862. The maximum atomic E-state index is 9.61. The molecule has 0 unspecified atom stereocenters. The van der Waals surface area contributed by atoms with Gasteiger partial charge in [-0.25, -0.2) is 4.68 Å². The van der Waals surface area contributed by atoms with Crippen LogP contribution in [-0.4, -0.2) is 46.5 Å². The van der Waals surface area contributed by atoms with Gasteiger partial charge in [-0.1, -0.05) is 5.21 Å². The molecule has 0 amide bonds. The van der Waals surface area contributed by atoms with Crippen molar-refractivity contribution in [2.75, 3.05) is 21.3 Å². The molecule has 0 radical (unpaired) electrons. The first-order valence-electron chi connectivity index (χ1n) is 7.32. The molecule has 25 heavy (non-hydrogen) atoms. The van der Waals surface area contributed by atoms with Crippen LogP contribution in [0.5, 0.6) is 28.7 Å². The van der Waals surface area contributed by atoms with E-state index in [0.29, 0.717) is 34.2 Å². The molecule has 0 aliphatic rings. The highest BCUT2D eigenvalue weighted by atomic mass is 16.5. The number of benzene rings is 2. The highest BCUT2D eigenvalue weighted by Crippen LogP contribution is 2.39. The van der Waals surface area contributed by atoms with Gasteiger partial charge in [0.05, 0.1) is 33.2 Å². The van der Waals surface area contributed by atoms with Crippen molar-refractivity contribution in [2.45, 2.75) is 0 Å². The smallest absolute Gasteiger partial charge is 0.203 e. The number of methoxy groups -OCH3 is 3. The van der Waals surface area contributed by atoms with Gasteiger partial charge in [-0.05, 0) is 12.1 Å². The van der Waals surface area contributed by atoms with E-state index >= 15 is 0 Å². The van der Waals surface area contributed by atoms with Crippen molar-refractivity contribution in [3.05, 3.63) is 36.5 Å². The summed E-state index contributed by atoms with van der Waals surface area (Å²) in [6.45, 7) is 0. The van der Waals surface area contributed by atoms with Crippen molar-refractivity contribution in [3.8, 4) is 45.7 Å². The summed E-state index contributed by atoms with van der Waals surface area (Å²) in [6, 6.07) is 7.69. The summed E-state index contributed by atoms with van der Waals surface area (Å²) in [5.74, 6) is 1.34. The lowest BCUT2D eigenvalue weighted by Gasteiger charge is -2.13. The predicted molar refractivity (Wildman–Crippen MR) is 89.8 cm³/mol. The molecule has 0 atom stereocenters. The summed E-state index contributed by atoms with van der Waals surface area (Å²) in [7, 11) is 4.59. The average Bonchev–Trinajstić information content (AvgIpc) is 3.09. The highest BCUT2D eigenvalue weighted by molar-refractivity contribution is 5.64. The predicted octanol–water partition coefficient (Wildman–Crippen LogP) is 2.37. The van der Waals surface area contributed by atoms with E-state index in [1.54, 1.807) is 18.3 Å². The van der Waals surface area contributed by atoms with E-state index in [0.717, 1.165) is 0 Å². The molecule has 0 saturated carbocycles. The minimum Gasteiger partial charge on any atom is -0.508 e. The second-order valence-electron chi connectivity index (χ2n) is 5.17. The van der Waals surface area contributed by atoms with Crippen molar-refractivity contribution < 1.29 is 24.4 Å². The molecule has 8 heteroatoms. The number of hydrogen-bond donors (Lipinski definition) is 2. The molecule has 3 rings (SSSR count). The first kappa shape index (κ1) is 16.4. The zero-order valence-corrected chi connectivity index (χ0v) is 13.9. The fourth-order valence-corrected chi connectivity index (χ4v) is 2.46. The van der Waals surface area contributed by atoms with E-state index < -0.39 is 0 Å². The Labute approximate surface area is 143 Å². The lowest BCUT2D eigenvalue weighted by molar-refractivity contribution is 0.324. The molecule has 0 aliphatic carbocycles. The van der Waals surface area contributed by atoms with E-state index in [-0.39, 0.29) is 11.5 Å². The fourth-order valence-electron chi connectivity index (χ4n) is 2.46. The van der Waals surface area contributed by atoms with Crippen LogP contribution in [0.4, 0.5) is 0 Å². The van der Waals surface area contributed by atoms with E-state index in [4.69, 9.17) is 14.2 Å². The summed E-state index contributed by atoms with van der Waals surface area (Å²) in [6.07, 6.45) is 1.66. The van der Waals surface area contributed by atoms with E-state index in [1.807, 2.05) is 0 Å². The molecule has 0 fully saturated rings. The quantitative estimate of drug-likeness (QED) is 0.734. The number of nitrogens with zero attached hydrogens (tertiary/aromatic N) is 3. The number of phenolic OH excluding ortho intramolecular Hbond substituents is 2. The van der Waals surface area contributed by atoms with Crippen LogP contribution in [0.3, 0.4) is 0 Å². The number of phenols is 2. The van der Waals surface area contributed by atoms with Gasteiger partial charge in [-0.2, -0.15) is 0 Å². The third-order valence-corrected chi connectivity index (χ3v) is 3.61. The topological polar surface area (TPSA) is 98.9 Å². The summed E-state index contributed by atoms with van der Waals surface area (Å²) >= 11 is 0. The molecular formula is C17H17N3O5. The van der Waals surface area contributed by atoms with Gasteiger partial charge in [0.15, 0.2) is 11.5 Å². The van der Waals surface area contributed by atoms with E-state index in [1.165, 1.54) is 44.2 Å². The van der Waals surface area contributed by atoms with Gasteiger partial charge in [0.2, 0.25) is 5.75 Å². The zero-order valence-electron chi connectivity index (χ0n) is 13.9. The second kappa shape index (κ2) is 6.60. The largest absolute Gasteiger partial charge is 0.508 e. The molecule has 130 valence electrons. The molecule has 0 bridgehead atoms. The standard InChI is InChI=1S/C17H17N3O5/c1-23-15-6-11(7-16(24-2)17(15)25-3)20-9-14(18-19-20)10-4-12(21)8-13(22)5-10/h4-9,21-22H,1-3H3. The average molecular weight is 343 g/mol. The summed E-state index contributed by atoms with van der Waals surface area (Å²) in [5.41, 5.74) is 1.67. The van der Waals surface area contributed by atoms with Gasteiger partial charge in [-0.15, -0.1) is 5.10 Å². The zero-order chi connectivity index (χ0) is 18.0. The van der Waals surface area contributed by atoms with Crippen LogP contribution in [0.2, 0.25) is 0 Å². The summed E-state index contributed by atoms with van der Waals surface area (Å²) < 4.78 is 17.5. The second-order valence-corrected chi connectivity index (χ2v) is 5.17. The van der Waals surface area contributed by atoms with Gasteiger partial charge in [-0.3, -0.25) is 0 Å². The molecule has 0 aliphatic heterocycles. The Morgan fingerprint density at radius 1 is 0.840 bits per heavy atom. The number of aromatic hydroxyl groups is 2. The van der Waals surface area contributed by atoms with E-state index in [2.05, 4.69) is 10.3 Å². The lowest BCUT2D eigenvalue weighted by atomic mass is 10.1. The number of rotatable bonds is 5. The van der Waals surface area contributed by atoms with Crippen molar-refractivity contribution in [3.63, 3.8) is 0 Å². The van der Waals surface area contributed by atoms with Gasteiger partial charge >= 0.3 is 0 Å². The highest BCUT2D eigenvalue weighted by Gasteiger charge is 2.15. The molecule has 0 spiro atoms. The Kier molecular flexibility index (Phi) is 4.34. The Hall–Kier alpha value is -3.42. The molecule has 2 N–H and O–H groups in total. The Morgan fingerprint density at radius 3 is 1.96 bits per heavy atom. The fraction of sp³-hybridized carbons (Fsp3) is 0.176. The van der Waals surface area contributed by atoms with Crippen molar-refractivity contribution in [2.24, 2.45) is 0 Å². The van der Waals surface area contributed by atoms with Crippen LogP contribution in [0.25, 0.3) is 16.9 Å². The minimum absolute atomic E-state index is 0.0580. The third kappa shape index (κ3) is 3.14. The molecule has 1 aromatic heterocycles. The van der Waals surface area contributed by atoms with E-state index in [9.17, 15) is 10.2 Å². The molecular weight excluding hydrogens is 326 g/mol. The van der Waals surface area contributed by atoms with Crippen LogP contribution in [0, 0.1) is 0 Å². The van der Waals surface area contributed by atoms with Crippen LogP contribution < -0.4 is 14.2 Å². The first-order chi connectivity index (χ1) is 12.0. The van der Waals surface area contributed by atoms with Gasteiger partial charge in [0.25, 0.3) is 0 Å². The molecule has 1 heterocycles. The Balaban J connectivity index is 2.05. The van der Waals surface area contributed by atoms with Gasteiger partial charge < -0.3 is 24.4 Å². The van der Waals surface area contributed by atoms with Crippen molar-refractivity contribution >= 4 is 0 Å². The Morgan fingerprint density at radius 2 is 1.44 bits per heavy atom. The summed E-state index contributed by atoms with van der Waals surface area (Å²) in [5, 5.41) is 27.4. The number of hydrogen-bond acceptors (Lipinski definition) is 7. The normalized spacial score (nSPS) is 10.5. The molecule has 8 nitrogen and oxygen atoms in total. The van der Waals surface area contributed by atoms with Gasteiger partial charge in [0.1, 0.15) is 17.2 Å². The lowest BCUT2D eigenvalue weighted by Crippen LogP contribution is -2.00. The van der Waals surface area contributed by atoms with Crippen molar-refractivity contribution in [1.82, 2.24) is 15.0 Å². The maximum absolute atomic E-state index is 9.61. The van der Waals surface area contributed by atoms with Crippen molar-refractivity contribution in [1.29, 1.82) is 0 Å². The third-order valence-electron chi connectivity index (χ3n) is 3.61. The molecule has 3 aromatic rings.